The topological polar surface area (TPSA) is 93.0 Å². The summed E-state index contributed by atoms with van der Waals surface area (Å²) >= 11 is 0. The van der Waals surface area contributed by atoms with Crippen molar-refractivity contribution in [1.29, 1.82) is 0 Å². The molecule has 0 radical (unpaired) electrons. The lowest BCUT2D eigenvalue weighted by atomic mass is 9.92. The number of ether oxygens (including phenoxy) is 1. The van der Waals surface area contributed by atoms with E-state index in [1.807, 2.05) is 4.90 Å². The van der Waals surface area contributed by atoms with Crippen LogP contribution in [0, 0.1) is 27.9 Å². The van der Waals surface area contributed by atoms with Crippen LogP contribution in [0.5, 0.6) is 0 Å². The van der Waals surface area contributed by atoms with Crippen molar-refractivity contribution < 1.29 is 19.2 Å². The van der Waals surface area contributed by atoms with E-state index in [2.05, 4.69) is 20.8 Å². The van der Waals surface area contributed by atoms with E-state index >= 15 is 0 Å². The molecule has 1 amide bonds. The SMILES string of the molecule is CC1CC(C)CN(C(=O)COC(=O)c2ccc(N3CCCC(C)C3)c([N+](=O)[O-])c2)C1. The third-order valence-electron chi connectivity index (χ3n) is 5.95. The molecule has 8 heteroatoms. The van der Waals surface area contributed by atoms with Crippen LogP contribution in [0.25, 0.3) is 0 Å². The zero-order chi connectivity index (χ0) is 21.8. The fourth-order valence-corrected chi connectivity index (χ4v) is 4.64. The lowest BCUT2D eigenvalue weighted by Gasteiger charge is -2.34. The van der Waals surface area contributed by atoms with Gasteiger partial charge < -0.3 is 14.5 Å². The third kappa shape index (κ3) is 5.29. The molecule has 2 heterocycles. The number of carbonyl (C=O) groups excluding carboxylic acids is 2. The minimum absolute atomic E-state index is 0.0867. The van der Waals surface area contributed by atoms with E-state index in [9.17, 15) is 19.7 Å². The van der Waals surface area contributed by atoms with Crippen LogP contribution < -0.4 is 4.90 Å². The summed E-state index contributed by atoms with van der Waals surface area (Å²) in [6, 6.07) is 4.41. The number of esters is 1. The van der Waals surface area contributed by atoms with Gasteiger partial charge in [0, 0.05) is 32.2 Å². The molecule has 1 aromatic rings. The molecule has 164 valence electrons. The highest BCUT2D eigenvalue weighted by Crippen LogP contribution is 2.32. The summed E-state index contributed by atoms with van der Waals surface area (Å²) in [5, 5.41) is 11.6. The first-order chi connectivity index (χ1) is 14.2. The molecular weight excluding hydrogens is 386 g/mol. The van der Waals surface area contributed by atoms with Crippen molar-refractivity contribution in [2.75, 3.05) is 37.7 Å². The third-order valence-corrected chi connectivity index (χ3v) is 5.95. The van der Waals surface area contributed by atoms with E-state index in [-0.39, 0.29) is 23.8 Å². The second-order valence-electron chi connectivity index (χ2n) is 8.97. The summed E-state index contributed by atoms with van der Waals surface area (Å²) in [6.07, 6.45) is 3.17. The van der Waals surface area contributed by atoms with Crippen molar-refractivity contribution in [3.8, 4) is 0 Å². The molecule has 0 N–H and O–H groups in total. The zero-order valence-electron chi connectivity index (χ0n) is 18.0. The van der Waals surface area contributed by atoms with Crippen LogP contribution in [0.2, 0.25) is 0 Å². The van der Waals surface area contributed by atoms with Crippen LogP contribution in [0.15, 0.2) is 18.2 Å². The molecule has 3 unspecified atom stereocenters. The Morgan fingerprint density at radius 2 is 1.83 bits per heavy atom. The van der Waals surface area contributed by atoms with Gasteiger partial charge in [0.2, 0.25) is 0 Å². The average molecular weight is 418 g/mol. The van der Waals surface area contributed by atoms with E-state index < -0.39 is 10.9 Å². The maximum atomic E-state index is 12.4. The Balaban J connectivity index is 1.66. The van der Waals surface area contributed by atoms with Crippen LogP contribution in [0.1, 0.15) is 50.4 Å². The molecule has 2 fully saturated rings. The lowest BCUT2D eigenvalue weighted by Crippen LogP contribution is -2.44. The summed E-state index contributed by atoms with van der Waals surface area (Å²) in [4.78, 5) is 39.8. The van der Waals surface area contributed by atoms with Crippen LogP contribution in [0.4, 0.5) is 11.4 Å². The summed E-state index contributed by atoms with van der Waals surface area (Å²) in [5.74, 6) is 0.356. The van der Waals surface area contributed by atoms with Crippen molar-refractivity contribution in [2.24, 2.45) is 17.8 Å². The van der Waals surface area contributed by atoms with E-state index in [0.717, 1.165) is 32.4 Å². The number of nitrogens with zero attached hydrogens (tertiary/aromatic N) is 3. The Labute approximate surface area is 177 Å². The zero-order valence-corrected chi connectivity index (χ0v) is 18.0. The lowest BCUT2D eigenvalue weighted by molar-refractivity contribution is -0.384. The highest BCUT2D eigenvalue weighted by Gasteiger charge is 2.28. The van der Waals surface area contributed by atoms with E-state index in [4.69, 9.17) is 4.74 Å². The molecule has 3 rings (SSSR count). The van der Waals surface area contributed by atoms with Gasteiger partial charge in [-0.2, -0.15) is 0 Å². The van der Waals surface area contributed by atoms with Gasteiger partial charge in [-0.05, 0) is 49.1 Å². The molecule has 3 atom stereocenters. The summed E-state index contributed by atoms with van der Waals surface area (Å²) < 4.78 is 5.18. The van der Waals surface area contributed by atoms with Crippen LogP contribution in [0.3, 0.4) is 0 Å². The van der Waals surface area contributed by atoms with Crippen LogP contribution >= 0.6 is 0 Å². The standard InChI is InChI=1S/C22H31N3O5/c1-15-5-4-8-23(11-15)19-7-6-18(10-20(19)25(28)29)22(27)30-14-21(26)24-12-16(2)9-17(3)13-24/h6-7,10,15-17H,4-5,8-9,11-14H2,1-3H3. The summed E-state index contributed by atoms with van der Waals surface area (Å²) in [7, 11) is 0. The van der Waals surface area contributed by atoms with Crippen molar-refractivity contribution in [1.82, 2.24) is 4.90 Å². The predicted octanol–water partition coefficient (Wildman–Crippen LogP) is 3.49. The van der Waals surface area contributed by atoms with Gasteiger partial charge in [-0.3, -0.25) is 14.9 Å². The molecule has 0 aromatic heterocycles. The minimum Gasteiger partial charge on any atom is -0.452 e. The van der Waals surface area contributed by atoms with Crippen molar-refractivity contribution in [3.05, 3.63) is 33.9 Å². The number of carbonyl (C=O) groups is 2. The molecule has 0 bridgehead atoms. The summed E-state index contributed by atoms with van der Waals surface area (Å²) in [6.45, 7) is 8.83. The number of nitro benzene ring substituents is 1. The molecule has 30 heavy (non-hydrogen) atoms. The van der Waals surface area contributed by atoms with Gasteiger partial charge >= 0.3 is 5.97 Å². The predicted molar refractivity (Wildman–Crippen MR) is 114 cm³/mol. The molecular formula is C22H31N3O5. The molecule has 0 aliphatic carbocycles. The normalized spacial score (nSPS) is 24.4. The Hall–Kier alpha value is -2.64. The smallest absolute Gasteiger partial charge is 0.338 e. The number of likely N-dealkylation sites (tertiary alicyclic amines) is 1. The second kappa shape index (κ2) is 9.45. The van der Waals surface area contributed by atoms with Crippen molar-refractivity contribution >= 4 is 23.3 Å². The van der Waals surface area contributed by atoms with Crippen LogP contribution in [-0.2, 0) is 9.53 Å². The maximum Gasteiger partial charge on any atom is 0.338 e. The number of benzene rings is 1. The van der Waals surface area contributed by atoms with Crippen molar-refractivity contribution in [3.63, 3.8) is 0 Å². The van der Waals surface area contributed by atoms with Gasteiger partial charge in [0.1, 0.15) is 5.69 Å². The Kier molecular flexibility index (Phi) is 6.95. The quantitative estimate of drug-likeness (QED) is 0.414. The maximum absolute atomic E-state index is 12.4. The number of nitro groups is 1. The van der Waals surface area contributed by atoms with Gasteiger partial charge in [0.05, 0.1) is 10.5 Å². The van der Waals surface area contributed by atoms with E-state index in [0.29, 0.717) is 36.5 Å². The number of hydrogen-bond acceptors (Lipinski definition) is 6. The molecule has 0 spiro atoms. The fourth-order valence-electron chi connectivity index (χ4n) is 4.64. The first kappa shape index (κ1) is 22.1. The Bertz CT molecular complexity index is 802. The van der Waals surface area contributed by atoms with Crippen molar-refractivity contribution in [2.45, 2.75) is 40.0 Å². The van der Waals surface area contributed by atoms with Gasteiger partial charge in [0.25, 0.3) is 11.6 Å². The molecule has 0 saturated carbocycles. The van der Waals surface area contributed by atoms with E-state index in [1.165, 1.54) is 6.07 Å². The molecule has 8 nitrogen and oxygen atoms in total. The summed E-state index contributed by atoms with van der Waals surface area (Å²) in [5.41, 5.74) is 0.503. The highest BCUT2D eigenvalue weighted by atomic mass is 16.6. The van der Waals surface area contributed by atoms with Gasteiger partial charge in [-0.25, -0.2) is 4.79 Å². The number of hydrogen-bond donors (Lipinski definition) is 0. The Morgan fingerprint density at radius 3 is 2.47 bits per heavy atom. The van der Waals surface area contributed by atoms with Gasteiger partial charge in [0.15, 0.2) is 6.61 Å². The molecule has 2 aliphatic rings. The number of amides is 1. The highest BCUT2D eigenvalue weighted by molar-refractivity contribution is 5.93. The second-order valence-corrected chi connectivity index (χ2v) is 8.97. The first-order valence-electron chi connectivity index (χ1n) is 10.7. The van der Waals surface area contributed by atoms with Crippen LogP contribution in [-0.4, -0.2) is 54.5 Å². The van der Waals surface area contributed by atoms with Gasteiger partial charge in [-0.1, -0.05) is 20.8 Å². The van der Waals surface area contributed by atoms with E-state index in [1.54, 1.807) is 17.0 Å². The number of rotatable bonds is 5. The molecule has 1 aromatic carbocycles. The fraction of sp³-hybridized carbons (Fsp3) is 0.636. The Morgan fingerprint density at radius 1 is 1.13 bits per heavy atom. The largest absolute Gasteiger partial charge is 0.452 e. The molecule has 2 aliphatic heterocycles. The number of piperidine rings is 2. The minimum atomic E-state index is -0.719. The number of anilines is 1. The molecule has 2 saturated heterocycles. The van der Waals surface area contributed by atoms with Gasteiger partial charge in [-0.15, -0.1) is 0 Å². The average Bonchev–Trinajstić information content (AvgIpc) is 2.70. The first-order valence-corrected chi connectivity index (χ1v) is 10.7. The monoisotopic (exact) mass is 417 g/mol.